The molecule has 0 aliphatic heterocycles. The van der Waals surface area contributed by atoms with Crippen LogP contribution in [0.3, 0.4) is 0 Å². The molecule has 0 N–H and O–H groups in total. The Kier molecular flexibility index (Phi) is 7.05. The van der Waals surface area contributed by atoms with E-state index < -0.39 is 5.60 Å². The van der Waals surface area contributed by atoms with Gasteiger partial charge in [-0.15, -0.1) is 0 Å². The van der Waals surface area contributed by atoms with E-state index in [4.69, 9.17) is 4.74 Å². The van der Waals surface area contributed by atoms with Crippen molar-refractivity contribution in [1.82, 2.24) is 0 Å². The average molecular weight is 448 g/mol. The van der Waals surface area contributed by atoms with Crippen LogP contribution in [0.15, 0.2) is 105 Å². The van der Waals surface area contributed by atoms with Crippen LogP contribution in [-0.2, 0) is 10.9 Å². The fourth-order valence-electron chi connectivity index (χ4n) is 4.55. The number of ether oxygens (including phenoxy) is 1. The Balaban J connectivity index is 1.78. The highest BCUT2D eigenvalue weighted by atomic mass is 32.2. The summed E-state index contributed by atoms with van der Waals surface area (Å²) >= 11 is 0. The quantitative estimate of drug-likeness (QED) is 0.272. The van der Waals surface area contributed by atoms with E-state index in [0.717, 1.165) is 30.6 Å². The zero-order valence-corrected chi connectivity index (χ0v) is 20.1. The maximum absolute atomic E-state index is 15.1. The van der Waals surface area contributed by atoms with Crippen molar-refractivity contribution in [1.29, 1.82) is 0 Å². The van der Waals surface area contributed by atoms with Crippen molar-refractivity contribution in [2.45, 2.75) is 73.2 Å². The van der Waals surface area contributed by atoms with Gasteiger partial charge in [0, 0.05) is 6.07 Å². The van der Waals surface area contributed by atoms with Crippen molar-refractivity contribution in [3.05, 3.63) is 95.8 Å². The Hall–Kier alpha value is -2.52. The first kappa shape index (κ1) is 22.7. The number of halogens is 1. The fraction of sp³-hybridized carbons (Fsp3) is 0.310. The molecule has 0 atom stereocenters. The van der Waals surface area contributed by atoms with Crippen molar-refractivity contribution < 1.29 is 9.13 Å². The van der Waals surface area contributed by atoms with E-state index in [2.05, 4.69) is 69.3 Å². The summed E-state index contributed by atoms with van der Waals surface area (Å²) < 4.78 is 21.7. The molecule has 0 radical (unpaired) electrons. The molecule has 0 amide bonds. The lowest BCUT2D eigenvalue weighted by Crippen LogP contribution is -2.40. The van der Waals surface area contributed by atoms with Crippen LogP contribution >= 0.6 is 0 Å². The highest BCUT2D eigenvalue weighted by Crippen LogP contribution is 2.41. The molecule has 3 aromatic rings. The third-order valence-corrected chi connectivity index (χ3v) is 8.71. The summed E-state index contributed by atoms with van der Waals surface area (Å²) in [6, 6.07) is 26.3. The number of benzene rings is 3. The summed E-state index contributed by atoms with van der Waals surface area (Å²) in [5.74, 6) is 0.0827. The molecule has 1 aliphatic rings. The van der Waals surface area contributed by atoms with Crippen LogP contribution in [0.4, 0.5) is 4.39 Å². The van der Waals surface area contributed by atoms with Gasteiger partial charge in [-0.2, -0.15) is 0 Å². The molecule has 3 aromatic carbocycles. The highest BCUT2D eigenvalue weighted by Gasteiger charge is 2.38. The molecule has 166 valence electrons. The maximum Gasteiger partial charge on any atom is 0.170 e. The van der Waals surface area contributed by atoms with Crippen LogP contribution in [0, 0.1) is 5.82 Å². The van der Waals surface area contributed by atoms with E-state index in [1.165, 1.54) is 27.4 Å². The van der Waals surface area contributed by atoms with E-state index in [0.29, 0.717) is 5.75 Å². The summed E-state index contributed by atoms with van der Waals surface area (Å²) in [6.07, 6.45) is 5.33. The Morgan fingerprint density at radius 2 is 1.31 bits per heavy atom. The van der Waals surface area contributed by atoms with Crippen LogP contribution in [0.25, 0.3) is 0 Å². The van der Waals surface area contributed by atoms with Gasteiger partial charge in [0.25, 0.3) is 0 Å². The monoisotopic (exact) mass is 447 g/mol. The van der Waals surface area contributed by atoms with E-state index in [9.17, 15) is 0 Å². The summed E-state index contributed by atoms with van der Waals surface area (Å²) in [5, 5.41) is 0. The lowest BCUT2D eigenvalue weighted by molar-refractivity contribution is 0.0602. The molecular weight excluding hydrogens is 415 g/mol. The number of hydrogen-bond donors (Lipinski definition) is 0. The smallest absolute Gasteiger partial charge is 0.170 e. The standard InChI is InChI=1S/C29H32FOS/c1-22(2)23(3)29(19-11-6-12-20-29)31-28-21-26(17-18-27(28)30)32(24-13-7-4-8-14-24)25-15-9-5-10-16-25/h4-5,7-10,13-18,21H,6,11-12,19-20H2,1-3H3/q+1. The fourth-order valence-corrected chi connectivity index (χ4v) is 6.66. The normalized spacial score (nSPS) is 15.4. The Morgan fingerprint density at radius 3 is 1.84 bits per heavy atom. The Labute approximate surface area is 194 Å². The second-order valence-electron chi connectivity index (χ2n) is 8.81. The molecule has 0 bridgehead atoms. The van der Waals surface area contributed by atoms with Crippen molar-refractivity contribution >= 4 is 10.9 Å². The highest BCUT2D eigenvalue weighted by molar-refractivity contribution is 7.97. The third-order valence-electron chi connectivity index (χ3n) is 6.50. The van der Waals surface area contributed by atoms with Gasteiger partial charge in [-0.3, -0.25) is 0 Å². The second-order valence-corrected chi connectivity index (χ2v) is 10.8. The molecule has 1 aliphatic carbocycles. The number of allylic oxidation sites excluding steroid dienone is 1. The molecule has 3 heteroatoms. The van der Waals surface area contributed by atoms with Gasteiger partial charge in [0.15, 0.2) is 26.3 Å². The molecule has 0 aromatic heterocycles. The van der Waals surface area contributed by atoms with E-state index in [-0.39, 0.29) is 16.7 Å². The lowest BCUT2D eigenvalue weighted by atomic mass is 9.78. The van der Waals surface area contributed by atoms with Gasteiger partial charge < -0.3 is 4.74 Å². The summed E-state index contributed by atoms with van der Waals surface area (Å²) in [6.45, 7) is 6.41. The van der Waals surface area contributed by atoms with Crippen molar-refractivity contribution in [3.8, 4) is 5.75 Å². The third kappa shape index (κ3) is 4.78. The predicted molar refractivity (Wildman–Crippen MR) is 132 cm³/mol. The molecular formula is C29H32FOS+. The zero-order chi connectivity index (χ0) is 22.6. The minimum absolute atomic E-state index is 0.287. The van der Waals surface area contributed by atoms with Gasteiger partial charge in [0.2, 0.25) is 0 Å². The van der Waals surface area contributed by atoms with Crippen molar-refractivity contribution in [2.75, 3.05) is 0 Å². The minimum Gasteiger partial charge on any atom is -0.480 e. The van der Waals surface area contributed by atoms with Crippen LogP contribution < -0.4 is 4.74 Å². The van der Waals surface area contributed by atoms with Crippen LogP contribution in [0.5, 0.6) is 5.75 Å². The first-order valence-electron chi connectivity index (χ1n) is 11.5. The van der Waals surface area contributed by atoms with Crippen LogP contribution in [0.2, 0.25) is 0 Å². The molecule has 0 heterocycles. The molecule has 1 fully saturated rings. The topological polar surface area (TPSA) is 9.23 Å². The lowest BCUT2D eigenvalue weighted by Gasteiger charge is -2.39. The molecule has 32 heavy (non-hydrogen) atoms. The minimum atomic E-state index is -0.408. The summed E-state index contributed by atoms with van der Waals surface area (Å²) in [4.78, 5) is 3.49. The SMILES string of the molecule is CC(C)=C(C)C1(Oc2cc([S+](c3ccccc3)c3ccccc3)ccc2F)CCCCC1. The van der Waals surface area contributed by atoms with Crippen molar-refractivity contribution in [3.63, 3.8) is 0 Å². The number of hydrogen-bond acceptors (Lipinski definition) is 1. The summed E-state index contributed by atoms with van der Waals surface area (Å²) in [7, 11) is -0.331. The van der Waals surface area contributed by atoms with Gasteiger partial charge in [-0.1, -0.05) is 48.4 Å². The second kappa shape index (κ2) is 9.95. The zero-order valence-electron chi connectivity index (χ0n) is 19.2. The van der Waals surface area contributed by atoms with Gasteiger partial charge in [-0.05, 0) is 88.4 Å². The molecule has 0 spiro atoms. The molecule has 1 nitrogen and oxygen atoms in total. The Bertz CT molecular complexity index is 1030. The molecule has 4 rings (SSSR count). The van der Waals surface area contributed by atoms with Crippen LogP contribution in [-0.4, -0.2) is 5.60 Å². The Morgan fingerprint density at radius 1 is 0.750 bits per heavy atom. The van der Waals surface area contributed by atoms with Crippen LogP contribution in [0.1, 0.15) is 52.9 Å². The van der Waals surface area contributed by atoms with Gasteiger partial charge >= 0.3 is 0 Å². The van der Waals surface area contributed by atoms with Gasteiger partial charge in [-0.25, -0.2) is 4.39 Å². The molecule has 0 unspecified atom stereocenters. The largest absolute Gasteiger partial charge is 0.480 e. The van der Waals surface area contributed by atoms with E-state index >= 15 is 4.39 Å². The summed E-state index contributed by atoms with van der Waals surface area (Å²) in [5.41, 5.74) is 2.10. The number of rotatable bonds is 6. The first-order valence-corrected chi connectivity index (χ1v) is 12.7. The van der Waals surface area contributed by atoms with Crippen molar-refractivity contribution in [2.24, 2.45) is 0 Å². The van der Waals surface area contributed by atoms with E-state index in [1.54, 1.807) is 6.07 Å². The predicted octanol–water partition coefficient (Wildman–Crippen LogP) is 8.36. The average Bonchev–Trinajstić information content (AvgIpc) is 2.83. The first-order chi connectivity index (χ1) is 15.5. The maximum atomic E-state index is 15.1. The van der Waals surface area contributed by atoms with E-state index in [1.807, 2.05) is 24.3 Å². The molecule has 1 saturated carbocycles. The van der Waals surface area contributed by atoms with Gasteiger partial charge in [0.1, 0.15) is 5.60 Å². The van der Waals surface area contributed by atoms with Gasteiger partial charge in [0.05, 0.1) is 10.9 Å². The molecule has 0 saturated heterocycles.